The van der Waals surface area contributed by atoms with Gasteiger partial charge < -0.3 is 9.84 Å². The number of hydrogen-bond acceptors (Lipinski definition) is 3. The number of methoxy groups -OCH3 is 1. The van der Waals surface area contributed by atoms with E-state index in [0.717, 1.165) is 7.11 Å². The molecule has 3 nitrogen and oxygen atoms in total. The number of aliphatic hydroxyl groups excluding tert-OH is 1. The van der Waals surface area contributed by atoms with Gasteiger partial charge in [0.15, 0.2) is 5.69 Å². The maximum Gasteiger partial charge on any atom is 0.433 e. The number of pyridine rings is 1. The summed E-state index contributed by atoms with van der Waals surface area (Å²) in [5, 5.41) is 8.73. The molecule has 0 fully saturated rings. The predicted octanol–water partition coefficient (Wildman–Crippen LogP) is 2.54. The summed E-state index contributed by atoms with van der Waals surface area (Å²) in [5.41, 5.74) is -2.93. The summed E-state index contributed by atoms with van der Waals surface area (Å²) in [6.07, 6.45) is -7.88. The molecular formula is C9H8F5NO2. The highest BCUT2D eigenvalue weighted by molar-refractivity contribution is 5.36. The average Bonchev–Trinajstić information content (AvgIpc) is 2.25. The van der Waals surface area contributed by atoms with Gasteiger partial charge in [0.25, 0.3) is 6.43 Å². The van der Waals surface area contributed by atoms with Crippen molar-refractivity contribution in [3.8, 4) is 5.88 Å². The van der Waals surface area contributed by atoms with Gasteiger partial charge in [0.2, 0.25) is 5.88 Å². The Labute approximate surface area is 92.8 Å². The van der Waals surface area contributed by atoms with Gasteiger partial charge in [-0.15, -0.1) is 0 Å². The van der Waals surface area contributed by atoms with Gasteiger partial charge in [-0.3, -0.25) is 0 Å². The molecule has 1 rings (SSSR count). The van der Waals surface area contributed by atoms with E-state index >= 15 is 0 Å². The summed E-state index contributed by atoms with van der Waals surface area (Å²) < 4.78 is 66.7. The van der Waals surface area contributed by atoms with Crippen LogP contribution in [0.15, 0.2) is 6.07 Å². The van der Waals surface area contributed by atoms with Gasteiger partial charge in [-0.2, -0.15) is 13.2 Å². The second-order valence-corrected chi connectivity index (χ2v) is 3.05. The van der Waals surface area contributed by atoms with Gasteiger partial charge in [0, 0.05) is 5.56 Å². The number of rotatable bonds is 3. The van der Waals surface area contributed by atoms with E-state index in [2.05, 4.69) is 9.72 Å². The van der Waals surface area contributed by atoms with Crippen LogP contribution in [0.3, 0.4) is 0 Å². The van der Waals surface area contributed by atoms with Crippen molar-refractivity contribution >= 4 is 0 Å². The van der Waals surface area contributed by atoms with Crippen molar-refractivity contribution in [1.29, 1.82) is 0 Å². The van der Waals surface area contributed by atoms with Crippen LogP contribution in [-0.4, -0.2) is 17.2 Å². The lowest BCUT2D eigenvalue weighted by Gasteiger charge is -2.14. The van der Waals surface area contributed by atoms with Crippen LogP contribution in [0.25, 0.3) is 0 Å². The molecule has 0 spiro atoms. The molecule has 0 aliphatic carbocycles. The van der Waals surface area contributed by atoms with Gasteiger partial charge >= 0.3 is 6.18 Å². The minimum atomic E-state index is -4.84. The lowest BCUT2D eigenvalue weighted by molar-refractivity contribution is -0.142. The van der Waals surface area contributed by atoms with Crippen molar-refractivity contribution in [3.63, 3.8) is 0 Å². The van der Waals surface area contributed by atoms with Crippen LogP contribution in [-0.2, 0) is 12.8 Å². The van der Waals surface area contributed by atoms with E-state index in [1.165, 1.54) is 0 Å². The lowest BCUT2D eigenvalue weighted by Crippen LogP contribution is -2.14. The minimum Gasteiger partial charge on any atom is -0.481 e. The quantitative estimate of drug-likeness (QED) is 0.846. The maximum absolute atomic E-state index is 12.5. The highest BCUT2D eigenvalue weighted by atomic mass is 19.4. The molecule has 1 aromatic heterocycles. The van der Waals surface area contributed by atoms with E-state index in [9.17, 15) is 22.0 Å². The molecule has 96 valence electrons. The van der Waals surface area contributed by atoms with Crippen molar-refractivity contribution in [1.82, 2.24) is 4.98 Å². The third kappa shape index (κ3) is 2.82. The number of ether oxygens (including phenoxy) is 1. The van der Waals surface area contributed by atoms with E-state index in [1.807, 2.05) is 0 Å². The van der Waals surface area contributed by atoms with Crippen LogP contribution >= 0.6 is 0 Å². The molecule has 0 bridgehead atoms. The Bertz CT molecular complexity index is 405. The van der Waals surface area contributed by atoms with Crippen molar-refractivity contribution < 1.29 is 31.8 Å². The number of nitrogens with zero attached hydrogens (tertiary/aromatic N) is 1. The molecule has 0 saturated heterocycles. The monoisotopic (exact) mass is 257 g/mol. The van der Waals surface area contributed by atoms with Crippen LogP contribution < -0.4 is 4.74 Å². The van der Waals surface area contributed by atoms with E-state index in [-0.39, 0.29) is 0 Å². The Balaban J connectivity index is 3.44. The molecule has 0 aromatic carbocycles. The molecule has 17 heavy (non-hydrogen) atoms. The molecule has 0 unspecified atom stereocenters. The Kier molecular flexibility index (Phi) is 3.87. The van der Waals surface area contributed by atoms with Crippen LogP contribution in [0.1, 0.15) is 23.2 Å². The van der Waals surface area contributed by atoms with Crippen LogP contribution in [0.5, 0.6) is 5.88 Å². The van der Waals surface area contributed by atoms with Crippen molar-refractivity contribution in [2.24, 2.45) is 0 Å². The zero-order valence-corrected chi connectivity index (χ0v) is 8.55. The summed E-state index contributed by atoms with van der Waals surface area (Å²) in [6, 6.07) is 0.541. The van der Waals surface area contributed by atoms with E-state index in [4.69, 9.17) is 5.11 Å². The fraction of sp³-hybridized carbons (Fsp3) is 0.444. The molecule has 0 atom stereocenters. The minimum absolute atomic E-state index is 0.541. The third-order valence-corrected chi connectivity index (χ3v) is 1.96. The molecular weight excluding hydrogens is 249 g/mol. The molecule has 0 amide bonds. The van der Waals surface area contributed by atoms with Crippen molar-refractivity contribution in [3.05, 3.63) is 22.9 Å². The number of alkyl halides is 5. The smallest absolute Gasteiger partial charge is 0.433 e. The molecule has 1 heterocycles. The average molecular weight is 257 g/mol. The Morgan fingerprint density at radius 1 is 1.41 bits per heavy atom. The van der Waals surface area contributed by atoms with Crippen molar-refractivity contribution in [2.75, 3.05) is 7.11 Å². The first kappa shape index (κ1) is 13.6. The van der Waals surface area contributed by atoms with E-state index < -0.39 is 41.9 Å². The summed E-state index contributed by atoms with van der Waals surface area (Å²) in [7, 11) is 0.937. The maximum atomic E-state index is 12.5. The standard InChI is InChI=1S/C9H8F5NO2/c1-17-8-5(7(10)11)2-4(3-16)6(15-8)9(12,13)14/h2,7,16H,3H2,1H3. The fourth-order valence-corrected chi connectivity index (χ4v) is 1.24. The van der Waals surface area contributed by atoms with Gasteiger partial charge in [0.05, 0.1) is 19.3 Å². The fourth-order valence-electron chi connectivity index (χ4n) is 1.24. The van der Waals surface area contributed by atoms with Crippen LogP contribution in [0.4, 0.5) is 22.0 Å². The second-order valence-electron chi connectivity index (χ2n) is 3.05. The lowest BCUT2D eigenvalue weighted by atomic mass is 10.1. The van der Waals surface area contributed by atoms with Crippen LogP contribution in [0, 0.1) is 0 Å². The first-order valence-electron chi connectivity index (χ1n) is 4.35. The topological polar surface area (TPSA) is 42.4 Å². The second kappa shape index (κ2) is 4.82. The number of halogens is 5. The molecule has 0 aliphatic heterocycles. The third-order valence-electron chi connectivity index (χ3n) is 1.96. The van der Waals surface area contributed by atoms with Crippen molar-refractivity contribution in [2.45, 2.75) is 19.2 Å². The zero-order chi connectivity index (χ0) is 13.2. The summed E-state index contributed by atoms with van der Waals surface area (Å²) in [6.45, 7) is -1.04. The number of hydrogen-bond donors (Lipinski definition) is 1. The SMILES string of the molecule is COc1nc(C(F)(F)F)c(CO)cc1C(F)F. The summed E-state index contributed by atoms with van der Waals surface area (Å²) in [4.78, 5) is 2.97. The Morgan fingerprint density at radius 3 is 2.35 bits per heavy atom. The molecule has 0 aliphatic rings. The molecule has 1 N–H and O–H groups in total. The highest BCUT2D eigenvalue weighted by Gasteiger charge is 2.37. The Hall–Kier alpha value is -1.44. The molecule has 8 heteroatoms. The molecule has 1 aromatic rings. The number of aliphatic hydroxyl groups is 1. The molecule has 0 radical (unpaired) electrons. The van der Waals surface area contributed by atoms with Gasteiger partial charge in [-0.05, 0) is 6.07 Å². The predicted molar refractivity (Wildman–Crippen MR) is 46.7 cm³/mol. The van der Waals surface area contributed by atoms with Gasteiger partial charge in [-0.1, -0.05) is 0 Å². The highest BCUT2D eigenvalue weighted by Crippen LogP contribution is 2.36. The van der Waals surface area contributed by atoms with Crippen LogP contribution in [0.2, 0.25) is 0 Å². The normalized spacial score (nSPS) is 12.0. The summed E-state index contributed by atoms with van der Waals surface area (Å²) in [5.74, 6) is -0.801. The first-order valence-corrected chi connectivity index (χ1v) is 4.35. The summed E-state index contributed by atoms with van der Waals surface area (Å²) >= 11 is 0. The Morgan fingerprint density at radius 2 is 2.00 bits per heavy atom. The van der Waals surface area contributed by atoms with E-state index in [1.54, 1.807) is 0 Å². The van der Waals surface area contributed by atoms with Gasteiger partial charge in [-0.25, -0.2) is 13.8 Å². The molecule has 0 saturated carbocycles. The zero-order valence-electron chi connectivity index (χ0n) is 8.55. The number of aromatic nitrogens is 1. The first-order chi connectivity index (χ1) is 7.81. The largest absolute Gasteiger partial charge is 0.481 e. The van der Waals surface area contributed by atoms with Gasteiger partial charge in [0.1, 0.15) is 0 Å². The van der Waals surface area contributed by atoms with E-state index in [0.29, 0.717) is 6.07 Å².